The van der Waals surface area contributed by atoms with Gasteiger partial charge in [-0.25, -0.2) is 9.97 Å². The molecule has 2 N–H and O–H groups in total. The van der Waals surface area contributed by atoms with Crippen LogP contribution >= 0.6 is 11.8 Å². The molecule has 17 heavy (non-hydrogen) atoms. The van der Waals surface area contributed by atoms with Gasteiger partial charge in [-0.15, -0.1) is 10.2 Å². The van der Waals surface area contributed by atoms with Crippen molar-refractivity contribution in [1.82, 2.24) is 24.7 Å². The Labute approximate surface area is 104 Å². The lowest BCUT2D eigenvalue weighted by Crippen LogP contribution is -2.01. The Bertz CT molecular complexity index is 515. The number of aromatic nitrogens is 5. The molecule has 0 radical (unpaired) electrons. The maximum absolute atomic E-state index is 5.67. The van der Waals surface area contributed by atoms with E-state index in [0.717, 1.165) is 16.7 Å². The lowest BCUT2D eigenvalue weighted by molar-refractivity contribution is 0.765. The maximum Gasteiger partial charge on any atom is 0.191 e. The van der Waals surface area contributed by atoms with Gasteiger partial charge in [0.05, 0.1) is 5.75 Å². The number of thioether (sulfide) groups is 1. The summed E-state index contributed by atoms with van der Waals surface area (Å²) in [5.41, 5.74) is 6.55. The van der Waals surface area contributed by atoms with Gasteiger partial charge in [-0.3, -0.25) is 0 Å². The highest BCUT2D eigenvalue weighted by atomic mass is 32.2. The van der Waals surface area contributed by atoms with Crippen LogP contribution in [-0.2, 0) is 12.8 Å². The Hall–Kier alpha value is -1.63. The zero-order chi connectivity index (χ0) is 12.4. The number of nitrogens with zero attached hydrogens (tertiary/aromatic N) is 5. The summed E-state index contributed by atoms with van der Waals surface area (Å²) >= 11 is 1.55. The minimum Gasteiger partial charge on any atom is -0.384 e. The summed E-state index contributed by atoms with van der Waals surface area (Å²) in [6, 6.07) is 1.75. The second kappa shape index (κ2) is 4.70. The summed E-state index contributed by atoms with van der Waals surface area (Å²) in [7, 11) is 1.93. The van der Waals surface area contributed by atoms with Gasteiger partial charge >= 0.3 is 0 Å². The molecule has 0 saturated heterocycles. The first-order valence-corrected chi connectivity index (χ1v) is 6.13. The van der Waals surface area contributed by atoms with E-state index in [9.17, 15) is 0 Å². The third-order valence-corrected chi connectivity index (χ3v) is 3.32. The Morgan fingerprint density at radius 2 is 2.06 bits per heavy atom. The summed E-state index contributed by atoms with van der Waals surface area (Å²) in [6.07, 6.45) is 0. The Morgan fingerprint density at radius 1 is 1.29 bits per heavy atom. The molecule has 0 amide bonds. The molecule has 0 fully saturated rings. The molecular weight excluding hydrogens is 236 g/mol. The van der Waals surface area contributed by atoms with Crippen molar-refractivity contribution in [3.8, 4) is 0 Å². The molecule has 0 unspecified atom stereocenters. The molecule has 0 spiro atoms. The molecule has 2 aromatic heterocycles. The average Bonchev–Trinajstić information content (AvgIpc) is 2.56. The minimum atomic E-state index is 0.502. The van der Waals surface area contributed by atoms with Crippen molar-refractivity contribution in [2.75, 3.05) is 5.73 Å². The summed E-state index contributed by atoms with van der Waals surface area (Å²) in [6.45, 7) is 3.82. The number of rotatable bonds is 3. The molecule has 7 heteroatoms. The SMILES string of the molecule is Cc1cc(N)nc(CSc2nnc(C)n2C)n1. The van der Waals surface area contributed by atoms with E-state index in [1.165, 1.54) is 0 Å². The van der Waals surface area contributed by atoms with E-state index in [2.05, 4.69) is 20.2 Å². The van der Waals surface area contributed by atoms with Crippen LogP contribution in [0.4, 0.5) is 5.82 Å². The Balaban J connectivity index is 2.09. The molecular formula is C10H14N6S. The van der Waals surface area contributed by atoms with Gasteiger partial charge < -0.3 is 10.3 Å². The van der Waals surface area contributed by atoms with Crippen LogP contribution in [-0.4, -0.2) is 24.7 Å². The van der Waals surface area contributed by atoms with Crippen molar-refractivity contribution in [1.29, 1.82) is 0 Å². The van der Waals surface area contributed by atoms with Crippen molar-refractivity contribution in [2.45, 2.75) is 24.8 Å². The average molecular weight is 250 g/mol. The van der Waals surface area contributed by atoms with E-state index in [4.69, 9.17) is 5.73 Å². The highest BCUT2D eigenvalue weighted by Gasteiger charge is 2.07. The van der Waals surface area contributed by atoms with Gasteiger partial charge in [0, 0.05) is 18.8 Å². The van der Waals surface area contributed by atoms with E-state index in [1.807, 2.05) is 25.5 Å². The van der Waals surface area contributed by atoms with Crippen LogP contribution in [0.3, 0.4) is 0 Å². The Kier molecular flexibility index (Phi) is 3.28. The first kappa shape index (κ1) is 11.8. The van der Waals surface area contributed by atoms with Crippen LogP contribution in [0.25, 0.3) is 0 Å². The second-order valence-electron chi connectivity index (χ2n) is 3.73. The monoisotopic (exact) mass is 250 g/mol. The number of hydrogen-bond acceptors (Lipinski definition) is 6. The Morgan fingerprint density at radius 3 is 2.65 bits per heavy atom. The normalized spacial score (nSPS) is 10.8. The number of nitrogen functional groups attached to an aromatic ring is 1. The quantitative estimate of drug-likeness (QED) is 0.821. The topological polar surface area (TPSA) is 82.5 Å². The molecule has 0 saturated carbocycles. The molecule has 6 nitrogen and oxygen atoms in total. The summed E-state index contributed by atoms with van der Waals surface area (Å²) in [4.78, 5) is 8.49. The van der Waals surface area contributed by atoms with Gasteiger partial charge in [0.25, 0.3) is 0 Å². The molecule has 90 valence electrons. The maximum atomic E-state index is 5.67. The predicted octanol–water partition coefficient (Wildman–Crippen LogP) is 1.10. The third kappa shape index (κ3) is 2.73. The standard InChI is InChI=1S/C10H14N6S/c1-6-4-8(11)13-9(12-6)5-17-10-15-14-7(2)16(10)3/h4H,5H2,1-3H3,(H2,11,12,13). The van der Waals surface area contributed by atoms with Crippen molar-refractivity contribution < 1.29 is 0 Å². The highest BCUT2D eigenvalue weighted by Crippen LogP contribution is 2.19. The number of aryl methyl sites for hydroxylation is 2. The van der Waals surface area contributed by atoms with Gasteiger partial charge in [-0.2, -0.15) is 0 Å². The van der Waals surface area contributed by atoms with Crippen LogP contribution in [0.15, 0.2) is 11.2 Å². The summed E-state index contributed by atoms with van der Waals surface area (Å²) < 4.78 is 1.93. The molecule has 2 rings (SSSR count). The number of anilines is 1. The fourth-order valence-electron chi connectivity index (χ4n) is 1.36. The van der Waals surface area contributed by atoms with E-state index in [-0.39, 0.29) is 0 Å². The van der Waals surface area contributed by atoms with Crippen LogP contribution < -0.4 is 5.73 Å². The van der Waals surface area contributed by atoms with Crippen LogP contribution in [0, 0.1) is 13.8 Å². The molecule has 0 aliphatic rings. The van der Waals surface area contributed by atoms with Crippen LogP contribution in [0.2, 0.25) is 0 Å². The molecule has 2 heterocycles. The van der Waals surface area contributed by atoms with Crippen LogP contribution in [0.1, 0.15) is 17.3 Å². The predicted molar refractivity (Wildman–Crippen MR) is 66.5 cm³/mol. The van der Waals surface area contributed by atoms with E-state index >= 15 is 0 Å². The summed E-state index contributed by atoms with van der Waals surface area (Å²) in [5.74, 6) is 2.74. The van der Waals surface area contributed by atoms with Gasteiger partial charge in [-0.1, -0.05) is 11.8 Å². The largest absolute Gasteiger partial charge is 0.384 e. The van der Waals surface area contributed by atoms with Crippen molar-refractivity contribution in [2.24, 2.45) is 7.05 Å². The fraction of sp³-hybridized carbons (Fsp3) is 0.400. The van der Waals surface area contributed by atoms with Gasteiger partial charge in [0.15, 0.2) is 5.16 Å². The molecule has 0 aromatic carbocycles. The first-order valence-electron chi connectivity index (χ1n) is 5.15. The lowest BCUT2D eigenvalue weighted by atomic mass is 10.4. The fourth-order valence-corrected chi connectivity index (χ4v) is 2.17. The van der Waals surface area contributed by atoms with E-state index in [1.54, 1.807) is 17.8 Å². The molecule has 0 bridgehead atoms. The number of nitrogens with two attached hydrogens (primary N) is 1. The molecule has 0 aliphatic heterocycles. The molecule has 0 aliphatic carbocycles. The third-order valence-electron chi connectivity index (χ3n) is 2.30. The molecule has 2 aromatic rings. The van der Waals surface area contributed by atoms with Gasteiger partial charge in [0.1, 0.15) is 17.5 Å². The highest BCUT2D eigenvalue weighted by molar-refractivity contribution is 7.98. The minimum absolute atomic E-state index is 0.502. The van der Waals surface area contributed by atoms with E-state index < -0.39 is 0 Å². The van der Waals surface area contributed by atoms with Crippen LogP contribution in [0.5, 0.6) is 0 Å². The van der Waals surface area contributed by atoms with E-state index in [0.29, 0.717) is 17.4 Å². The van der Waals surface area contributed by atoms with Crippen molar-refractivity contribution >= 4 is 17.6 Å². The number of hydrogen-bond donors (Lipinski definition) is 1. The lowest BCUT2D eigenvalue weighted by Gasteiger charge is -2.03. The smallest absolute Gasteiger partial charge is 0.191 e. The van der Waals surface area contributed by atoms with Gasteiger partial charge in [0.2, 0.25) is 0 Å². The second-order valence-corrected chi connectivity index (χ2v) is 4.67. The zero-order valence-electron chi connectivity index (χ0n) is 10.0. The zero-order valence-corrected chi connectivity index (χ0v) is 10.8. The van der Waals surface area contributed by atoms with Crippen molar-refractivity contribution in [3.05, 3.63) is 23.4 Å². The first-order chi connectivity index (χ1) is 8.06. The summed E-state index contributed by atoms with van der Waals surface area (Å²) in [5, 5.41) is 8.91. The van der Waals surface area contributed by atoms with Gasteiger partial charge in [-0.05, 0) is 13.8 Å². The van der Waals surface area contributed by atoms with Crippen molar-refractivity contribution in [3.63, 3.8) is 0 Å². The molecule has 0 atom stereocenters.